The molecule has 1 rings (SSSR count). The number of rotatable bonds is 7. The van der Waals surface area contributed by atoms with Gasteiger partial charge in [-0.1, -0.05) is 29.3 Å². The van der Waals surface area contributed by atoms with Crippen LogP contribution in [0, 0.1) is 11.8 Å². The number of alkyl halides is 1. The van der Waals surface area contributed by atoms with Crippen molar-refractivity contribution < 1.29 is 9.53 Å². The average Bonchev–Trinajstić information content (AvgIpc) is 2.37. The first-order chi connectivity index (χ1) is 8.27. The molecule has 1 heterocycles. The fourth-order valence-corrected chi connectivity index (χ4v) is 2.90. The topological polar surface area (TPSA) is 38.3 Å². The van der Waals surface area contributed by atoms with Gasteiger partial charge in [-0.3, -0.25) is 4.79 Å². The third-order valence-corrected chi connectivity index (χ3v) is 3.77. The Morgan fingerprint density at radius 1 is 1.53 bits per heavy atom. The van der Waals surface area contributed by atoms with E-state index in [1.165, 1.54) is 12.8 Å². The molecule has 3 nitrogen and oxygen atoms in total. The lowest BCUT2D eigenvalue weighted by atomic mass is 9.98. The van der Waals surface area contributed by atoms with Crippen molar-refractivity contribution >= 4 is 21.8 Å². The molecule has 1 saturated heterocycles. The minimum absolute atomic E-state index is 0.0787. The second-order valence-electron chi connectivity index (χ2n) is 4.79. The maximum atomic E-state index is 11.9. The van der Waals surface area contributed by atoms with E-state index in [1.807, 2.05) is 0 Å². The molecule has 2 unspecified atom stereocenters. The molecule has 100 valence electrons. The molecule has 1 fully saturated rings. The summed E-state index contributed by atoms with van der Waals surface area (Å²) in [5.41, 5.74) is 0. The molecular formula is C13H24BrNO2. The van der Waals surface area contributed by atoms with Crippen molar-refractivity contribution in [2.45, 2.75) is 39.0 Å². The van der Waals surface area contributed by atoms with Crippen LogP contribution in [0.2, 0.25) is 0 Å². The highest BCUT2D eigenvalue weighted by Crippen LogP contribution is 2.15. The summed E-state index contributed by atoms with van der Waals surface area (Å²) in [6.45, 7) is 4.42. The molecule has 1 aliphatic heterocycles. The molecule has 1 N–H and O–H groups in total. The number of hydrogen-bond donors (Lipinski definition) is 1. The number of hydrogen-bond acceptors (Lipinski definition) is 2. The van der Waals surface area contributed by atoms with Crippen molar-refractivity contribution in [1.82, 2.24) is 5.32 Å². The quantitative estimate of drug-likeness (QED) is 0.735. The van der Waals surface area contributed by atoms with Crippen molar-refractivity contribution in [2.75, 3.05) is 25.1 Å². The van der Waals surface area contributed by atoms with E-state index in [9.17, 15) is 4.79 Å². The van der Waals surface area contributed by atoms with Crippen LogP contribution in [0.3, 0.4) is 0 Å². The van der Waals surface area contributed by atoms with E-state index in [1.54, 1.807) is 0 Å². The third-order valence-electron chi connectivity index (χ3n) is 3.31. The number of amides is 1. The Balaban J connectivity index is 2.24. The Bertz CT molecular complexity index is 211. The third kappa shape index (κ3) is 5.87. The van der Waals surface area contributed by atoms with Gasteiger partial charge in [-0.05, 0) is 31.6 Å². The van der Waals surface area contributed by atoms with Crippen LogP contribution in [0.15, 0.2) is 0 Å². The number of nitrogens with one attached hydrogen (secondary N) is 1. The van der Waals surface area contributed by atoms with E-state index in [2.05, 4.69) is 28.2 Å². The van der Waals surface area contributed by atoms with Gasteiger partial charge in [0.05, 0.1) is 12.5 Å². The van der Waals surface area contributed by atoms with Gasteiger partial charge in [0, 0.05) is 18.5 Å². The van der Waals surface area contributed by atoms with Crippen LogP contribution in [-0.2, 0) is 9.53 Å². The highest BCUT2D eigenvalue weighted by atomic mass is 79.9. The van der Waals surface area contributed by atoms with Gasteiger partial charge in [0.1, 0.15) is 0 Å². The molecule has 0 spiro atoms. The highest BCUT2D eigenvalue weighted by molar-refractivity contribution is 9.09. The molecule has 1 amide bonds. The van der Waals surface area contributed by atoms with Gasteiger partial charge in [0.25, 0.3) is 0 Å². The zero-order valence-corrected chi connectivity index (χ0v) is 12.3. The summed E-state index contributed by atoms with van der Waals surface area (Å²) in [4.78, 5) is 11.9. The highest BCUT2D eigenvalue weighted by Gasteiger charge is 2.22. The van der Waals surface area contributed by atoms with E-state index in [0.29, 0.717) is 12.5 Å². The molecule has 0 radical (unpaired) electrons. The number of halogens is 1. The molecule has 4 heteroatoms. The number of carbonyl (C=O) groups is 1. The Morgan fingerprint density at radius 3 is 2.94 bits per heavy atom. The fraction of sp³-hybridized carbons (Fsp3) is 0.923. The molecule has 1 aliphatic rings. The summed E-state index contributed by atoms with van der Waals surface area (Å²) < 4.78 is 5.34. The molecule has 0 aromatic rings. The lowest BCUT2D eigenvalue weighted by Crippen LogP contribution is -2.38. The van der Waals surface area contributed by atoms with Gasteiger partial charge in [0.2, 0.25) is 5.91 Å². The largest absolute Gasteiger partial charge is 0.381 e. The summed E-state index contributed by atoms with van der Waals surface area (Å²) in [5.74, 6) is 0.864. The lowest BCUT2D eigenvalue weighted by Gasteiger charge is -2.23. The number of ether oxygens (including phenoxy) is 1. The smallest absolute Gasteiger partial charge is 0.225 e. The second-order valence-corrected chi connectivity index (χ2v) is 5.58. The van der Waals surface area contributed by atoms with Gasteiger partial charge in [0.15, 0.2) is 0 Å². The molecular weight excluding hydrogens is 282 g/mol. The van der Waals surface area contributed by atoms with Crippen LogP contribution in [0.1, 0.15) is 39.0 Å². The van der Waals surface area contributed by atoms with E-state index >= 15 is 0 Å². The Labute approximate surface area is 113 Å². The van der Waals surface area contributed by atoms with Crippen LogP contribution < -0.4 is 5.32 Å². The first-order valence-corrected chi connectivity index (χ1v) is 7.81. The molecule has 0 aromatic heterocycles. The molecule has 17 heavy (non-hydrogen) atoms. The normalized spacial score (nSPS) is 22.1. The maximum absolute atomic E-state index is 11.9. The van der Waals surface area contributed by atoms with E-state index in [0.717, 1.165) is 37.7 Å². The van der Waals surface area contributed by atoms with Crippen LogP contribution >= 0.6 is 15.9 Å². The first kappa shape index (κ1) is 15.0. The van der Waals surface area contributed by atoms with Crippen LogP contribution in [-0.4, -0.2) is 31.0 Å². The average molecular weight is 306 g/mol. The summed E-state index contributed by atoms with van der Waals surface area (Å²) in [5, 5.41) is 4.10. The molecule has 0 bridgehead atoms. The lowest BCUT2D eigenvalue weighted by molar-refractivity contribution is -0.129. The standard InChI is InChI=1S/C13H24BrNO2/c1-2-4-11(6-7-14)9-15-13(16)12-5-3-8-17-10-12/h11-12H,2-10H2,1H3,(H,15,16). The predicted molar refractivity (Wildman–Crippen MR) is 73.4 cm³/mol. The van der Waals surface area contributed by atoms with Crippen molar-refractivity contribution in [1.29, 1.82) is 0 Å². The first-order valence-electron chi connectivity index (χ1n) is 6.69. The molecule has 2 atom stereocenters. The predicted octanol–water partition coefficient (Wildman–Crippen LogP) is 2.73. The second kappa shape index (κ2) is 8.92. The van der Waals surface area contributed by atoms with E-state index in [4.69, 9.17) is 4.74 Å². The Kier molecular flexibility index (Phi) is 7.86. The SMILES string of the molecule is CCCC(CCBr)CNC(=O)C1CCCOC1. The van der Waals surface area contributed by atoms with Gasteiger partial charge >= 0.3 is 0 Å². The van der Waals surface area contributed by atoms with E-state index in [-0.39, 0.29) is 11.8 Å². The molecule has 0 saturated carbocycles. The maximum Gasteiger partial charge on any atom is 0.225 e. The molecule has 0 aromatic carbocycles. The summed E-state index contributed by atoms with van der Waals surface area (Å²) in [6, 6.07) is 0. The minimum Gasteiger partial charge on any atom is -0.381 e. The Morgan fingerprint density at radius 2 is 2.35 bits per heavy atom. The van der Waals surface area contributed by atoms with Crippen LogP contribution in [0.25, 0.3) is 0 Å². The summed E-state index contributed by atoms with van der Waals surface area (Å²) >= 11 is 3.47. The van der Waals surface area contributed by atoms with Gasteiger partial charge in [-0.25, -0.2) is 0 Å². The van der Waals surface area contributed by atoms with Crippen LogP contribution in [0.4, 0.5) is 0 Å². The van der Waals surface area contributed by atoms with Gasteiger partial charge in [-0.15, -0.1) is 0 Å². The number of carbonyl (C=O) groups excluding carboxylic acids is 1. The van der Waals surface area contributed by atoms with Crippen LogP contribution in [0.5, 0.6) is 0 Å². The van der Waals surface area contributed by atoms with Crippen molar-refractivity contribution in [3.63, 3.8) is 0 Å². The van der Waals surface area contributed by atoms with Crippen molar-refractivity contribution in [2.24, 2.45) is 11.8 Å². The Hall–Kier alpha value is -0.0900. The van der Waals surface area contributed by atoms with Gasteiger partial charge in [-0.2, -0.15) is 0 Å². The monoisotopic (exact) mass is 305 g/mol. The minimum atomic E-state index is 0.0787. The zero-order chi connectivity index (χ0) is 12.5. The summed E-state index contributed by atoms with van der Waals surface area (Å²) in [7, 11) is 0. The zero-order valence-electron chi connectivity index (χ0n) is 10.7. The van der Waals surface area contributed by atoms with Crippen molar-refractivity contribution in [3.05, 3.63) is 0 Å². The van der Waals surface area contributed by atoms with Gasteiger partial charge < -0.3 is 10.1 Å². The fourth-order valence-electron chi connectivity index (χ4n) is 2.25. The molecule has 0 aliphatic carbocycles. The van der Waals surface area contributed by atoms with Crippen molar-refractivity contribution in [3.8, 4) is 0 Å². The van der Waals surface area contributed by atoms with E-state index < -0.39 is 0 Å². The summed E-state index contributed by atoms with van der Waals surface area (Å²) in [6.07, 6.45) is 5.49.